The van der Waals surface area contributed by atoms with Crippen LogP contribution in [0.3, 0.4) is 0 Å². The topological polar surface area (TPSA) is 32.3 Å². The highest BCUT2D eigenvalue weighted by Gasteiger charge is 2.39. The average Bonchev–Trinajstić information content (AvgIpc) is 2.76. The minimum Gasteiger partial charge on any atom is -0.352 e. The summed E-state index contributed by atoms with van der Waals surface area (Å²) in [6.45, 7) is 1.28. The fourth-order valence-corrected chi connectivity index (χ4v) is 4.49. The molecule has 2 aromatic rings. The molecule has 0 aromatic heterocycles. The van der Waals surface area contributed by atoms with Gasteiger partial charge in [-0.1, -0.05) is 36.4 Å². The number of hydrogen-bond acceptors (Lipinski definition) is 2. The van der Waals surface area contributed by atoms with E-state index < -0.39 is 23.5 Å². The maximum Gasteiger partial charge on any atom is 0.416 e. The lowest BCUT2D eigenvalue weighted by Crippen LogP contribution is -2.50. The molecule has 0 unspecified atom stereocenters. The van der Waals surface area contributed by atoms with Crippen molar-refractivity contribution < 1.29 is 31.1 Å². The number of benzene rings is 2. The molecule has 34 heavy (non-hydrogen) atoms. The standard InChI is InChI=1S/C25H24F6N2O/c26-24(27,28)20-10-16(11-21(14-20)25(29,30)31)15-32-23(34)19-12-22(13-19)33-8-6-18(7-9-33)17-4-2-1-3-5-17/h1-6,10-11,14,19,22H,7-9,12-13,15H2,(H,32,34). The summed E-state index contributed by atoms with van der Waals surface area (Å²) in [6, 6.07) is 11.7. The molecule has 182 valence electrons. The summed E-state index contributed by atoms with van der Waals surface area (Å²) in [4.78, 5) is 14.7. The third kappa shape index (κ3) is 5.63. The Balaban J connectivity index is 1.30. The summed E-state index contributed by atoms with van der Waals surface area (Å²) in [5.74, 6) is -0.642. The van der Waals surface area contributed by atoms with Crippen molar-refractivity contribution in [3.8, 4) is 0 Å². The first-order valence-electron chi connectivity index (χ1n) is 11.1. The van der Waals surface area contributed by atoms with Crippen LogP contribution in [0.2, 0.25) is 0 Å². The molecule has 9 heteroatoms. The van der Waals surface area contributed by atoms with Gasteiger partial charge in [-0.3, -0.25) is 9.69 Å². The van der Waals surface area contributed by atoms with Crippen LogP contribution in [0.25, 0.3) is 5.57 Å². The molecule has 0 atom stereocenters. The number of hydrogen-bond donors (Lipinski definition) is 1. The van der Waals surface area contributed by atoms with E-state index in [9.17, 15) is 31.1 Å². The van der Waals surface area contributed by atoms with Crippen molar-refractivity contribution in [2.24, 2.45) is 5.92 Å². The minimum absolute atomic E-state index is 0.0815. The van der Waals surface area contributed by atoms with Gasteiger partial charge in [0.25, 0.3) is 0 Å². The molecule has 1 aliphatic heterocycles. The van der Waals surface area contributed by atoms with Crippen LogP contribution in [0.15, 0.2) is 54.6 Å². The Kier molecular flexibility index (Phi) is 6.75. The highest BCUT2D eigenvalue weighted by Crippen LogP contribution is 2.37. The summed E-state index contributed by atoms with van der Waals surface area (Å²) in [7, 11) is 0. The van der Waals surface area contributed by atoms with Gasteiger partial charge in [0.15, 0.2) is 0 Å². The molecular formula is C25H24F6N2O. The normalized spacial score (nSPS) is 21.5. The number of carbonyl (C=O) groups is 1. The van der Waals surface area contributed by atoms with E-state index in [2.05, 4.69) is 28.4 Å². The van der Waals surface area contributed by atoms with Crippen molar-refractivity contribution in [2.75, 3.05) is 13.1 Å². The van der Waals surface area contributed by atoms with Crippen molar-refractivity contribution in [2.45, 2.75) is 44.2 Å². The van der Waals surface area contributed by atoms with Gasteiger partial charge in [0.1, 0.15) is 0 Å². The first-order chi connectivity index (χ1) is 16.0. The molecule has 0 spiro atoms. The second-order valence-electron chi connectivity index (χ2n) is 8.79. The predicted molar refractivity (Wildman–Crippen MR) is 115 cm³/mol. The Hall–Kier alpha value is -2.81. The third-order valence-corrected chi connectivity index (χ3v) is 6.50. The van der Waals surface area contributed by atoms with E-state index in [1.165, 1.54) is 11.1 Å². The van der Waals surface area contributed by atoms with Crippen LogP contribution in [0, 0.1) is 5.92 Å². The lowest BCUT2D eigenvalue weighted by atomic mass is 9.78. The van der Waals surface area contributed by atoms with E-state index in [0.717, 1.165) is 19.5 Å². The zero-order valence-corrected chi connectivity index (χ0v) is 18.2. The predicted octanol–water partition coefficient (Wildman–Crippen LogP) is 5.91. The van der Waals surface area contributed by atoms with E-state index in [4.69, 9.17) is 0 Å². The van der Waals surface area contributed by atoms with Crippen LogP contribution in [-0.4, -0.2) is 29.9 Å². The highest BCUT2D eigenvalue weighted by molar-refractivity contribution is 5.79. The van der Waals surface area contributed by atoms with Gasteiger partial charge in [0.2, 0.25) is 5.91 Å². The Morgan fingerprint density at radius 2 is 1.56 bits per heavy atom. The summed E-state index contributed by atoms with van der Waals surface area (Å²) >= 11 is 0. The fourth-order valence-electron chi connectivity index (χ4n) is 4.49. The van der Waals surface area contributed by atoms with Gasteiger partial charge in [-0.2, -0.15) is 26.3 Å². The molecule has 1 aliphatic carbocycles. The highest BCUT2D eigenvalue weighted by atomic mass is 19.4. The SMILES string of the molecule is O=C(NCc1cc(C(F)(F)F)cc(C(F)(F)F)c1)C1CC(N2CC=C(c3ccccc3)CC2)C1. The molecule has 1 heterocycles. The van der Waals surface area contributed by atoms with E-state index in [0.29, 0.717) is 25.0 Å². The van der Waals surface area contributed by atoms with Crippen molar-refractivity contribution >= 4 is 11.5 Å². The van der Waals surface area contributed by atoms with Crippen LogP contribution >= 0.6 is 0 Å². The van der Waals surface area contributed by atoms with Gasteiger partial charge in [-0.15, -0.1) is 0 Å². The van der Waals surface area contributed by atoms with Gasteiger partial charge in [-0.25, -0.2) is 0 Å². The molecule has 4 rings (SSSR count). The monoisotopic (exact) mass is 482 g/mol. The van der Waals surface area contributed by atoms with Crippen LogP contribution in [0.5, 0.6) is 0 Å². The van der Waals surface area contributed by atoms with Gasteiger partial charge in [0, 0.05) is 31.6 Å². The van der Waals surface area contributed by atoms with Gasteiger partial charge in [0.05, 0.1) is 11.1 Å². The van der Waals surface area contributed by atoms with Crippen molar-refractivity contribution in [3.05, 3.63) is 76.9 Å². The average molecular weight is 482 g/mol. The maximum atomic E-state index is 13.0. The van der Waals surface area contributed by atoms with Crippen molar-refractivity contribution in [1.82, 2.24) is 10.2 Å². The second-order valence-corrected chi connectivity index (χ2v) is 8.79. The number of carbonyl (C=O) groups excluding carboxylic acids is 1. The van der Waals surface area contributed by atoms with Gasteiger partial charge in [-0.05, 0) is 54.2 Å². The van der Waals surface area contributed by atoms with Gasteiger partial charge < -0.3 is 5.32 Å². The van der Waals surface area contributed by atoms with E-state index in [1.54, 1.807) is 0 Å². The summed E-state index contributed by atoms with van der Waals surface area (Å²) in [5, 5.41) is 2.51. The second kappa shape index (κ2) is 9.44. The smallest absolute Gasteiger partial charge is 0.352 e. The molecular weight excluding hydrogens is 458 g/mol. The van der Waals surface area contributed by atoms with Crippen molar-refractivity contribution in [3.63, 3.8) is 0 Å². The molecule has 0 bridgehead atoms. The zero-order valence-electron chi connectivity index (χ0n) is 18.2. The van der Waals surface area contributed by atoms with Crippen LogP contribution < -0.4 is 5.32 Å². The molecule has 1 amide bonds. The number of amides is 1. The lowest BCUT2D eigenvalue weighted by molar-refractivity contribution is -0.143. The molecule has 3 nitrogen and oxygen atoms in total. The molecule has 1 fully saturated rings. The number of rotatable bonds is 5. The quantitative estimate of drug-likeness (QED) is 0.538. The Morgan fingerprint density at radius 3 is 2.09 bits per heavy atom. The van der Waals surface area contributed by atoms with Crippen LogP contribution in [-0.2, 0) is 23.7 Å². The largest absolute Gasteiger partial charge is 0.416 e. The van der Waals surface area contributed by atoms with E-state index in [1.807, 2.05) is 18.2 Å². The Labute approximate surface area is 193 Å². The molecule has 2 aliphatic rings. The van der Waals surface area contributed by atoms with Crippen LogP contribution in [0.4, 0.5) is 26.3 Å². The molecule has 0 saturated heterocycles. The van der Waals surface area contributed by atoms with E-state index in [-0.39, 0.29) is 36.0 Å². The number of nitrogens with zero attached hydrogens (tertiary/aromatic N) is 1. The maximum absolute atomic E-state index is 13.0. The molecule has 2 aromatic carbocycles. The van der Waals surface area contributed by atoms with Gasteiger partial charge >= 0.3 is 12.4 Å². The number of alkyl halides is 6. The molecule has 1 N–H and O–H groups in total. The summed E-state index contributed by atoms with van der Waals surface area (Å²) in [5.41, 5.74) is -0.506. The molecule has 0 radical (unpaired) electrons. The molecule has 1 saturated carbocycles. The minimum atomic E-state index is -4.91. The van der Waals surface area contributed by atoms with Crippen molar-refractivity contribution in [1.29, 1.82) is 0 Å². The Bertz CT molecular complexity index is 1020. The summed E-state index contributed by atoms with van der Waals surface area (Å²) in [6.07, 6.45) is -5.48. The fraction of sp³-hybridized carbons (Fsp3) is 0.400. The van der Waals surface area contributed by atoms with E-state index >= 15 is 0 Å². The first kappa shape index (κ1) is 24.3. The lowest BCUT2D eigenvalue weighted by Gasteiger charge is -2.43. The zero-order chi connectivity index (χ0) is 24.5. The third-order valence-electron chi connectivity index (χ3n) is 6.50. The van der Waals surface area contributed by atoms with Crippen LogP contribution in [0.1, 0.15) is 41.5 Å². The number of nitrogens with one attached hydrogen (secondary N) is 1. The number of halogens is 6. The first-order valence-corrected chi connectivity index (χ1v) is 11.1. The summed E-state index contributed by atoms with van der Waals surface area (Å²) < 4.78 is 78.0. The Morgan fingerprint density at radius 1 is 0.941 bits per heavy atom.